The number of amides is 2. The second kappa shape index (κ2) is 7.51. The predicted molar refractivity (Wildman–Crippen MR) is 110 cm³/mol. The van der Waals surface area contributed by atoms with Gasteiger partial charge in [-0.05, 0) is 35.4 Å². The molecule has 150 valence electrons. The number of hydrogen-bond donors (Lipinski definition) is 1. The van der Waals surface area contributed by atoms with Crippen molar-refractivity contribution in [2.45, 2.75) is 13.1 Å². The lowest BCUT2D eigenvalue weighted by molar-refractivity contribution is 0.0763. The Morgan fingerprint density at radius 3 is 2.77 bits per heavy atom. The minimum atomic E-state index is -0.333. The first-order valence-corrected chi connectivity index (χ1v) is 9.70. The number of nitrogens with zero attached hydrogens (tertiary/aromatic N) is 2. The van der Waals surface area contributed by atoms with E-state index >= 15 is 0 Å². The molecule has 2 aliphatic heterocycles. The van der Waals surface area contributed by atoms with E-state index in [9.17, 15) is 9.59 Å². The Morgan fingerprint density at radius 1 is 1.07 bits per heavy atom. The van der Waals surface area contributed by atoms with Crippen LogP contribution in [-0.4, -0.2) is 34.9 Å². The van der Waals surface area contributed by atoms with Crippen LogP contribution in [0, 0.1) is 0 Å². The molecule has 0 saturated carbocycles. The van der Waals surface area contributed by atoms with Crippen molar-refractivity contribution >= 4 is 17.5 Å². The van der Waals surface area contributed by atoms with Crippen molar-refractivity contribution in [1.29, 1.82) is 0 Å². The van der Waals surface area contributed by atoms with E-state index in [2.05, 4.69) is 10.3 Å². The summed E-state index contributed by atoms with van der Waals surface area (Å²) in [6.07, 6.45) is 3.44. The number of rotatable bonds is 4. The molecule has 7 heteroatoms. The first-order valence-electron chi connectivity index (χ1n) is 9.70. The van der Waals surface area contributed by atoms with Gasteiger partial charge in [-0.3, -0.25) is 14.6 Å². The Kier molecular flexibility index (Phi) is 4.55. The van der Waals surface area contributed by atoms with Crippen molar-refractivity contribution in [3.8, 4) is 11.5 Å². The van der Waals surface area contributed by atoms with Gasteiger partial charge in [0.25, 0.3) is 11.8 Å². The largest absolute Gasteiger partial charge is 0.486 e. The first kappa shape index (κ1) is 18.2. The third-order valence-corrected chi connectivity index (χ3v) is 5.15. The number of benzene rings is 2. The molecule has 3 aromatic rings. The maximum Gasteiger partial charge on any atom is 0.256 e. The summed E-state index contributed by atoms with van der Waals surface area (Å²) >= 11 is 0. The van der Waals surface area contributed by atoms with Gasteiger partial charge in [0.1, 0.15) is 13.2 Å². The molecule has 5 rings (SSSR count). The number of hydrogen-bond acceptors (Lipinski definition) is 5. The third-order valence-electron chi connectivity index (χ3n) is 5.15. The summed E-state index contributed by atoms with van der Waals surface area (Å²) in [7, 11) is 0. The van der Waals surface area contributed by atoms with Crippen LogP contribution < -0.4 is 14.8 Å². The average Bonchev–Trinajstić information content (AvgIpc) is 3.09. The zero-order valence-corrected chi connectivity index (χ0v) is 16.1. The van der Waals surface area contributed by atoms with Gasteiger partial charge in [-0.1, -0.05) is 18.2 Å². The molecular formula is C23H19N3O4. The number of nitrogens with one attached hydrogen (secondary N) is 1. The Balaban J connectivity index is 1.38. The maximum absolute atomic E-state index is 13.1. The smallest absolute Gasteiger partial charge is 0.256 e. The van der Waals surface area contributed by atoms with Crippen LogP contribution in [0.3, 0.4) is 0 Å². The molecule has 0 fully saturated rings. The van der Waals surface area contributed by atoms with Crippen LogP contribution in [0.2, 0.25) is 0 Å². The topological polar surface area (TPSA) is 80.8 Å². The van der Waals surface area contributed by atoms with Gasteiger partial charge >= 0.3 is 0 Å². The third kappa shape index (κ3) is 3.34. The quantitative estimate of drug-likeness (QED) is 0.726. The molecule has 1 aromatic heterocycles. The van der Waals surface area contributed by atoms with Crippen molar-refractivity contribution in [2.75, 3.05) is 18.5 Å². The molecule has 0 saturated heterocycles. The van der Waals surface area contributed by atoms with Gasteiger partial charge in [0.2, 0.25) is 0 Å². The van der Waals surface area contributed by atoms with Crippen LogP contribution in [0.15, 0.2) is 60.9 Å². The Morgan fingerprint density at radius 2 is 1.93 bits per heavy atom. The number of fused-ring (bicyclic) bond motifs is 2. The molecule has 0 aliphatic carbocycles. The van der Waals surface area contributed by atoms with Crippen LogP contribution in [0.4, 0.5) is 5.69 Å². The Labute approximate surface area is 173 Å². The SMILES string of the molecule is O=C(Nc1ccc2c(c1)OCCO2)c1cccc2c1C(=O)N(Cc1cccnc1)C2. The average molecular weight is 401 g/mol. The zero-order valence-electron chi connectivity index (χ0n) is 16.1. The highest BCUT2D eigenvalue weighted by Crippen LogP contribution is 2.33. The van der Waals surface area contributed by atoms with Gasteiger partial charge in [-0.2, -0.15) is 0 Å². The number of pyridine rings is 1. The second-order valence-electron chi connectivity index (χ2n) is 7.17. The molecule has 0 spiro atoms. The zero-order chi connectivity index (χ0) is 20.5. The molecule has 0 radical (unpaired) electrons. The molecule has 2 amide bonds. The molecule has 7 nitrogen and oxygen atoms in total. The van der Waals surface area contributed by atoms with E-state index in [0.717, 1.165) is 11.1 Å². The Hall–Kier alpha value is -3.87. The van der Waals surface area contributed by atoms with E-state index in [4.69, 9.17) is 9.47 Å². The molecule has 0 unspecified atom stereocenters. The van der Waals surface area contributed by atoms with E-state index in [0.29, 0.717) is 54.6 Å². The fourth-order valence-electron chi connectivity index (χ4n) is 3.77. The summed E-state index contributed by atoms with van der Waals surface area (Å²) < 4.78 is 11.1. The van der Waals surface area contributed by atoms with Crippen LogP contribution in [0.25, 0.3) is 0 Å². The molecule has 30 heavy (non-hydrogen) atoms. The summed E-state index contributed by atoms with van der Waals surface area (Å²) in [4.78, 5) is 31.9. The van der Waals surface area contributed by atoms with Crippen LogP contribution in [-0.2, 0) is 13.1 Å². The molecule has 0 atom stereocenters. The summed E-state index contributed by atoms with van der Waals surface area (Å²) in [6, 6.07) is 14.4. The van der Waals surface area contributed by atoms with Crippen LogP contribution in [0.1, 0.15) is 31.8 Å². The highest BCUT2D eigenvalue weighted by atomic mass is 16.6. The number of ether oxygens (including phenoxy) is 2. The van der Waals surface area contributed by atoms with Crippen molar-refractivity contribution < 1.29 is 19.1 Å². The van der Waals surface area contributed by atoms with Crippen molar-refractivity contribution in [2.24, 2.45) is 0 Å². The lowest BCUT2D eigenvalue weighted by atomic mass is 10.0. The molecule has 0 bridgehead atoms. The summed E-state index contributed by atoms with van der Waals surface area (Å²) in [5.74, 6) is 0.763. The lowest BCUT2D eigenvalue weighted by Gasteiger charge is -2.19. The van der Waals surface area contributed by atoms with Gasteiger partial charge in [0.15, 0.2) is 11.5 Å². The highest BCUT2D eigenvalue weighted by Gasteiger charge is 2.31. The minimum Gasteiger partial charge on any atom is -0.486 e. The molecular weight excluding hydrogens is 382 g/mol. The summed E-state index contributed by atoms with van der Waals surface area (Å²) in [5.41, 5.74) is 3.19. The van der Waals surface area contributed by atoms with Gasteiger partial charge in [0.05, 0.1) is 11.1 Å². The van der Waals surface area contributed by atoms with Gasteiger partial charge < -0.3 is 19.7 Å². The minimum absolute atomic E-state index is 0.151. The number of anilines is 1. The predicted octanol–water partition coefficient (Wildman–Crippen LogP) is 3.26. The van der Waals surface area contributed by atoms with Crippen molar-refractivity contribution in [3.05, 3.63) is 83.2 Å². The summed E-state index contributed by atoms with van der Waals surface area (Å²) in [5, 5.41) is 2.87. The molecule has 2 aliphatic rings. The lowest BCUT2D eigenvalue weighted by Crippen LogP contribution is -2.25. The van der Waals surface area contributed by atoms with Gasteiger partial charge in [-0.25, -0.2) is 0 Å². The van der Waals surface area contributed by atoms with Gasteiger partial charge in [0, 0.05) is 37.2 Å². The highest BCUT2D eigenvalue weighted by molar-refractivity contribution is 6.13. The summed E-state index contributed by atoms with van der Waals surface area (Å²) in [6.45, 7) is 1.89. The van der Waals surface area contributed by atoms with Crippen LogP contribution in [0.5, 0.6) is 11.5 Å². The van der Waals surface area contributed by atoms with E-state index in [1.165, 1.54) is 0 Å². The van der Waals surface area contributed by atoms with Gasteiger partial charge in [-0.15, -0.1) is 0 Å². The standard InChI is InChI=1S/C23H19N3O4/c27-22(25-17-6-7-19-20(11-17)30-10-9-29-19)18-5-1-4-16-14-26(23(28)21(16)18)13-15-3-2-8-24-12-15/h1-8,11-12H,9-10,13-14H2,(H,25,27). The molecule has 2 aromatic carbocycles. The van der Waals surface area contributed by atoms with E-state index in [1.54, 1.807) is 47.6 Å². The van der Waals surface area contributed by atoms with E-state index in [1.807, 2.05) is 18.2 Å². The second-order valence-corrected chi connectivity index (χ2v) is 7.17. The Bertz CT molecular complexity index is 1130. The fraction of sp³-hybridized carbons (Fsp3) is 0.174. The van der Waals surface area contributed by atoms with E-state index in [-0.39, 0.29) is 11.8 Å². The molecule has 1 N–H and O–H groups in total. The van der Waals surface area contributed by atoms with E-state index < -0.39 is 0 Å². The first-order chi connectivity index (χ1) is 14.7. The number of aromatic nitrogens is 1. The van der Waals surface area contributed by atoms with Crippen molar-refractivity contribution in [1.82, 2.24) is 9.88 Å². The van der Waals surface area contributed by atoms with Crippen LogP contribution >= 0.6 is 0 Å². The maximum atomic E-state index is 13.1. The number of carbonyl (C=O) groups is 2. The monoisotopic (exact) mass is 401 g/mol. The molecule has 3 heterocycles. The fourth-order valence-corrected chi connectivity index (χ4v) is 3.77. The number of carbonyl (C=O) groups excluding carboxylic acids is 2. The normalized spacial score (nSPS) is 14.4. The van der Waals surface area contributed by atoms with Crippen molar-refractivity contribution in [3.63, 3.8) is 0 Å².